The van der Waals surface area contributed by atoms with Crippen molar-refractivity contribution in [1.29, 1.82) is 0 Å². The van der Waals surface area contributed by atoms with Crippen LogP contribution in [0.3, 0.4) is 0 Å². The van der Waals surface area contributed by atoms with E-state index >= 15 is 0 Å². The van der Waals surface area contributed by atoms with E-state index in [1.165, 1.54) is 17.5 Å². The normalized spacial score (nSPS) is 17.5. The summed E-state index contributed by atoms with van der Waals surface area (Å²) >= 11 is 1.95. The molecule has 1 saturated heterocycles. The number of likely N-dealkylation sites (tertiary alicyclic amines) is 1. The number of hydrogen-bond donors (Lipinski definition) is 1. The first kappa shape index (κ1) is 22.1. The third kappa shape index (κ3) is 8.54. The van der Waals surface area contributed by atoms with Gasteiger partial charge in [-0.15, -0.1) is 0 Å². The highest BCUT2D eigenvalue weighted by Crippen LogP contribution is 2.17. The van der Waals surface area contributed by atoms with E-state index in [4.69, 9.17) is 14.5 Å². The van der Waals surface area contributed by atoms with E-state index in [0.717, 1.165) is 50.3 Å². The van der Waals surface area contributed by atoms with Crippen LogP contribution in [0.5, 0.6) is 0 Å². The molecule has 1 heterocycles. The molecule has 1 N–H and O–H groups in total. The van der Waals surface area contributed by atoms with Crippen molar-refractivity contribution in [2.75, 3.05) is 58.9 Å². The number of ether oxygens (including phenoxy) is 2. The van der Waals surface area contributed by atoms with Crippen LogP contribution in [0.25, 0.3) is 0 Å². The molecule has 0 spiro atoms. The predicted molar refractivity (Wildman–Crippen MR) is 116 cm³/mol. The van der Waals surface area contributed by atoms with Gasteiger partial charge >= 0.3 is 0 Å². The van der Waals surface area contributed by atoms with Crippen LogP contribution in [0.1, 0.15) is 24.5 Å². The van der Waals surface area contributed by atoms with Crippen LogP contribution in [0.15, 0.2) is 29.3 Å². The smallest absolute Gasteiger partial charge is 0.193 e. The lowest BCUT2D eigenvalue weighted by atomic mass is 10.1. The molecular formula is C21H35N3O2S. The van der Waals surface area contributed by atoms with E-state index in [1.807, 2.05) is 11.8 Å². The van der Waals surface area contributed by atoms with Crippen molar-refractivity contribution in [3.63, 3.8) is 0 Å². The third-order valence-electron chi connectivity index (χ3n) is 4.59. The van der Waals surface area contributed by atoms with Crippen LogP contribution in [0.2, 0.25) is 0 Å². The fourth-order valence-electron chi connectivity index (χ4n) is 3.07. The summed E-state index contributed by atoms with van der Waals surface area (Å²) in [5, 5.41) is 3.44. The maximum absolute atomic E-state index is 5.69. The molecule has 1 aromatic rings. The minimum absolute atomic E-state index is 0.585. The minimum Gasteiger partial charge on any atom is -0.382 e. The lowest BCUT2D eigenvalue weighted by Crippen LogP contribution is -2.40. The summed E-state index contributed by atoms with van der Waals surface area (Å²) in [5.74, 6) is 3.73. The van der Waals surface area contributed by atoms with Gasteiger partial charge < -0.3 is 19.7 Å². The highest BCUT2D eigenvalue weighted by atomic mass is 32.2. The van der Waals surface area contributed by atoms with Crippen LogP contribution in [-0.4, -0.2) is 69.7 Å². The molecule has 5 nitrogen and oxygen atoms in total. The van der Waals surface area contributed by atoms with Gasteiger partial charge in [0.05, 0.1) is 26.4 Å². The van der Waals surface area contributed by atoms with Gasteiger partial charge in [0.15, 0.2) is 5.96 Å². The Bertz CT molecular complexity index is 551. The van der Waals surface area contributed by atoms with Crippen molar-refractivity contribution < 1.29 is 9.47 Å². The quantitative estimate of drug-likeness (QED) is 0.355. The predicted octanol–water partition coefficient (Wildman–Crippen LogP) is 3.18. The largest absolute Gasteiger partial charge is 0.382 e. The lowest BCUT2D eigenvalue weighted by molar-refractivity contribution is 0.0536. The molecule has 2 rings (SSSR count). The highest BCUT2D eigenvalue weighted by Gasteiger charge is 2.24. The number of thioether (sulfide) groups is 1. The number of rotatable bonds is 11. The van der Waals surface area contributed by atoms with Gasteiger partial charge in [-0.05, 0) is 25.8 Å². The SMILES string of the molecule is CCNC(=NCCSCc1ccc(C)cc1)N1CCC(COCCOC)C1. The molecule has 1 aliphatic heterocycles. The molecule has 27 heavy (non-hydrogen) atoms. The van der Waals surface area contributed by atoms with Gasteiger partial charge in [0.25, 0.3) is 0 Å². The zero-order valence-corrected chi connectivity index (χ0v) is 17.9. The molecule has 0 aromatic heterocycles. The van der Waals surface area contributed by atoms with Gasteiger partial charge in [-0.2, -0.15) is 11.8 Å². The van der Waals surface area contributed by atoms with E-state index in [9.17, 15) is 0 Å². The van der Waals surface area contributed by atoms with Gasteiger partial charge in [-0.25, -0.2) is 0 Å². The number of methoxy groups -OCH3 is 1. The second kappa shape index (κ2) is 13.0. The zero-order chi connectivity index (χ0) is 19.3. The van der Waals surface area contributed by atoms with E-state index in [-0.39, 0.29) is 0 Å². The average Bonchev–Trinajstić information content (AvgIpc) is 3.14. The Labute approximate surface area is 168 Å². The molecule has 6 heteroatoms. The van der Waals surface area contributed by atoms with Gasteiger partial charge in [0, 0.05) is 44.2 Å². The number of hydrogen-bond acceptors (Lipinski definition) is 4. The Hall–Kier alpha value is -1.24. The number of aliphatic imine (C=N–C) groups is 1. The molecule has 1 fully saturated rings. The number of guanidine groups is 1. The van der Waals surface area contributed by atoms with E-state index < -0.39 is 0 Å². The number of nitrogens with zero attached hydrogens (tertiary/aromatic N) is 2. The van der Waals surface area contributed by atoms with E-state index in [1.54, 1.807) is 7.11 Å². The fraction of sp³-hybridized carbons (Fsp3) is 0.667. The second-order valence-electron chi connectivity index (χ2n) is 6.94. The Morgan fingerprint density at radius 3 is 2.85 bits per heavy atom. The third-order valence-corrected chi connectivity index (χ3v) is 5.60. The molecule has 0 aliphatic carbocycles. The summed E-state index contributed by atoms with van der Waals surface area (Å²) in [6.45, 7) is 10.2. The van der Waals surface area contributed by atoms with Gasteiger partial charge in [-0.1, -0.05) is 29.8 Å². The fourth-order valence-corrected chi connectivity index (χ4v) is 3.86. The van der Waals surface area contributed by atoms with Crippen LogP contribution in [-0.2, 0) is 15.2 Å². The number of aryl methyl sites for hydroxylation is 1. The zero-order valence-electron chi connectivity index (χ0n) is 17.1. The van der Waals surface area contributed by atoms with Crippen molar-refractivity contribution in [3.05, 3.63) is 35.4 Å². The monoisotopic (exact) mass is 393 g/mol. The molecule has 0 saturated carbocycles. The standard InChI is InChI=1S/C21H35N3O2S/c1-4-22-21(24-11-9-20(15-24)16-26-13-12-25-3)23-10-14-27-17-19-7-5-18(2)6-8-19/h5-8,20H,4,9-17H2,1-3H3,(H,22,23). The first-order valence-electron chi connectivity index (χ1n) is 9.96. The summed E-state index contributed by atoms with van der Waals surface area (Å²) in [6.07, 6.45) is 1.17. The van der Waals surface area contributed by atoms with Crippen LogP contribution in [0.4, 0.5) is 0 Å². The summed E-state index contributed by atoms with van der Waals surface area (Å²) in [7, 11) is 1.71. The molecule has 1 aromatic carbocycles. The maximum atomic E-state index is 5.69. The van der Waals surface area contributed by atoms with E-state index in [2.05, 4.69) is 48.3 Å². The Kier molecular flexibility index (Phi) is 10.6. The van der Waals surface area contributed by atoms with Crippen LogP contribution >= 0.6 is 11.8 Å². The second-order valence-corrected chi connectivity index (χ2v) is 8.05. The summed E-state index contributed by atoms with van der Waals surface area (Å²) in [4.78, 5) is 7.21. The molecule has 1 atom stereocenters. The summed E-state index contributed by atoms with van der Waals surface area (Å²) in [5.41, 5.74) is 2.70. The van der Waals surface area contributed by atoms with Crippen molar-refractivity contribution in [2.24, 2.45) is 10.9 Å². The minimum atomic E-state index is 0.585. The van der Waals surface area contributed by atoms with Crippen molar-refractivity contribution in [1.82, 2.24) is 10.2 Å². The van der Waals surface area contributed by atoms with Crippen molar-refractivity contribution >= 4 is 17.7 Å². The van der Waals surface area contributed by atoms with Crippen molar-refractivity contribution in [3.8, 4) is 0 Å². The van der Waals surface area contributed by atoms with Crippen molar-refractivity contribution in [2.45, 2.75) is 26.0 Å². The first-order valence-corrected chi connectivity index (χ1v) is 11.1. The highest BCUT2D eigenvalue weighted by molar-refractivity contribution is 7.98. The summed E-state index contributed by atoms with van der Waals surface area (Å²) in [6, 6.07) is 8.80. The molecule has 0 radical (unpaired) electrons. The molecule has 152 valence electrons. The summed E-state index contributed by atoms with van der Waals surface area (Å²) < 4.78 is 10.7. The Morgan fingerprint density at radius 2 is 2.11 bits per heavy atom. The Balaban J connectivity index is 1.69. The molecule has 1 aliphatic rings. The van der Waals surface area contributed by atoms with Gasteiger partial charge in [0.1, 0.15) is 0 Å². The maximum Gasteiger partial charge on any atom is 0.193 e. The molecule has 0 bridgehead atoms. The van der Waals surface area contributed by atoms with Gasteiger partial charge in [-0.3, -0.25) is 4.99 Å². The molecular weight excluding hydrogens is 358 g/mol. The average molecular weight is 394 g/mol. The number of nitrogens with one attached hydrogen (secondary N) is 1. The topological polar surface area (TPSA) is 46.1 Å². The lowest BCUT2D eigenvalue weighted by Gasteiger charge is -2.21. The van der Waals surface area contributed by atoms with Gasteiger partial charge in [0.2, 0.25) is 0 Å². The first-order chi connectivity index (χ1) is 13.2. The molecule has 0 amide bonds. The molecule has 1 unspecified atom stereocenters. The van der Waals surface area contributed by atoms with Crippen LogP contribution in [0, 0.1) is 12.8 Å². The Morgan fingerprint density at radius 1 is 1.30 bits per heavy atom. The number of benzene rings is 1. The van der Waals surface area contributed by atoms with E-state index in [0.29, 0.717) is 19.1 Å². The van der Waals surface area contributed by atoms with Crippen LogP contribution < -0.4 is 5.32 Å².